The summed E-state index contributed by atoms with van der Waals surface area (Å²) in [5.74, 6) is -0.281. The maximum absolute atomic E-state index is 12.2. The molecule has 0 fully saturated rings. The van der Waals surface area contributed by atoms with Gasteiger partial charge in [0.05, 0.1) is 18.5 Å². The first kappa shape index (κ1) is 24.8. The lowest BCUT2D eigenvalue weighted by Crippen LogP contribution is -2.22. The van der Waals surface area contributed by atoms with E-state index in [1.54, 1.807) is 6.26 Å². The standard InChI is InChI=1S/C23H38O4S/c1-4-5-6-7-8-9-10-12-19-15-17-20(18-16-19)23(28(3)26)21(24)13-11-14-22(25)27-2/h15-18,21,23-24H,4-14H2,1-3H3. The number of aliphatic hydroxyl groups is 1. The average molecular weight is 411 g/mol. The van der Waals surface area contributed by atoms with E-state index in [0.717, 1.165) is 12.0 Å². The number of hydrogen-bond donors (Lipinski definition) is 1. The lowest BCUT2D eigenvalue weighted by atomic mass is 9.99. The summed E-state index contributed by atoms with van der Waals surface area (Å²) in [6, 6.07) is 8.17. The average Bonchev–Trinajstić information content (AvgIpc) is 2.68. The minimum atomic E-state index is -1.18. The van der Waals surface area contributed by atoms with E-state index in [9.17, 15) is 14.1 Å². The monoisotopic (exact) mass is 410 g/mol. The molecule has 0 radical (unpaired) electrons. The molecule has 1 rings (SSSR count). The van der Waals surface area contributed by atoms with Gasteiger partial charge in [-0.2, -0.15) is 0 Å². The van der Waals surface area contributed by atoms with Crippen molar-refractivity contribution < 1.29 is 18.8 Å². The Morgan fingerprint density at radius 2 is 1.64 bits per heavy atom. The van der Waals surface area contributed by atoms with Crippen LogP contribution in [0.25, 0.3) is 0 Å². The first-order valence-corrected chi connectivity index (χ1v) is 12.3. The predicted octanol–water partition coefficient (Wildman–Crippen LogP) is 5.10. The van der Waals surface area contributed by atoms with E-state index in [0.29, 0.717) is 12.8 Å². The fourth-order valence-corrected chi connectivity index (χ4v) is 4.62. The molecule has 0 saturated carbocycles. The molecule has 4 nitrogen and oxygen atoms in total. The van der Waals surface area contributed by atoms with Crippen LogP contribution in [0, 0.1) is 0 Å². The van der Waals surface area contributed by atoms with E-state index in [-0.39, 0.29) is 12.4 Å². The Morgan fingerprint density at radius 1 is 1.04 bits per heavy atom. The number of benzene rings is 1. The van der Waals surface area contributed by atoms with Gasteiger partial charge in [0.25, 0.3) is 0 Å². The molecule has 28 heavy (non-hydrogen) atoms. The third-order valence-corrected chi connectivity index (χ3v) is 6.49. The summed E-state index contributed by atoms with van der Waals surface area (Å²) in [5.41, 5.74) is 2.19. The van der Waals surface area contributed by atoms with Crippen molar-refractivity contribution in [3.8, 4) is 0 Å². The van der Waals surface area contributed by atoms with Crippen molar-refractivity contribution in [1.82, 2.24) is 0 Å². The highest BCUT2D eigenvalue weighted by Crippen LogP contribution is 2.27. The summed E-state index contributed by atoms with van der Waals surface area (Å²) in [5, 5.41) is 10.1. The van der Waals surface area contributed by atoms with Gasteiger partial charge in [-0.1, -0.05) is 69.7 Å². The molecule has 0 heterocycles. The number of aliphatic hydroxyl groups excluding tert-OH is 1. The van der Waals surface area contributed by atoms with Crippen LogP contribution < -0.4 is 0 Å². The molecule has 3 unspecified atom stereocenters. The second-order valence-electron chi connectivity index (χ2n) is 7.57. The predicted molar refractivity (Wildman–Crippen MR) is 117 cm³/mol. The normalized spacial score (nSPS) is 14.4. The Labute approximate surface area is 173 Å². The second-order valence-corrected chi connectivity index (χ2v) is 9.07. The van der Waals surface area contributed by atoms with Crippen molar-refractivity contribution >= 4 is 16.8 Å². The molecule has 0 bridgehead atoms. The first-order valence-electron chi connectivity index (χ1n) is 10.7. The number of carbonyl (C=O) groups excluding carboxylic acids is 1. The van der Waals surface area contributed by atoms with Gasteiger partial charge in [0.2, 0.25) is 0 Å². The van der Waals surface area contributed by atoms with Crippen LogP contribution in [0.4, 0.5) is 0 Å². The zero-order chi connectivity index (χ0) is 20.8. The Hall–Kier alpha value is -1.20. The lowest BCUT2D eigenvalue weighted by molar-refractivity contribution is -0.140. The molecule has 0 spiro atoms. The van der Waals surface area contributed by atoms with Crippen molar-refractivity contribution in [2.45, 2.75) is 88.9 Å². The summed E-state index contributed by atoms with van der Waals surface area (Å²) in [7, 11) is 0.174. The molecular weight excluding hydrogens is 372 g/mol. The Balaban J connectivity index is 2.48. The number of methoxy groups -OCH3 is 1. The van der Waals surface area contributed by atoms with Gasteiger partial charge in [-0.25, -0.2) is 0 Å². The number of esters is 1. The lowest BCUT2D eigenvalue weighted by Gasteiger charge is -2.21. The molecule has 1 N–H and O–H groups in total. The zero-order valence-electron chi connectivity index (χ0n) is 17.8. The van der Waals surface area contributed by atoms with Gasteiger partial charge in [0.1, 0.15) is 0 Å². The maximum atomic E-state index is 12.2. The third kappa shape index (κ3) is 9.83. The van der Waals surface area contributed by atoms with E-state index in [2.05, 4.69) is 23.8 Å². The van der Waals surface area contributed by atoms with Crippen LogP contribution in [0.15, 0.2) is 24.3 Å². The highest BCUT2D eigenvalue weighted by Gasteiger charge is 2.24. The van der Waals surface area contributed by atoms with Crippen molar-refractivity contribution in [3.05, 3.63) is 35.4 Å². The number of rotatable bonds is 15. The summed E-state index contributed by atoms with van der Waals surface area (Å²) in [6.45, 7) is 2.24. The molecule has 1 aromatic carbocycles. The Kier molecular flexibility index (Phi) is 13.1. The molecule has 0 aromatic heterocycles. The topological polar surface area (TPSA) is 63.6 Å². The van der Waals surface area contributed by atoms with Crippen LogP contribution in [0.2, 0.25) is 0 Å². The number of ether oxygens (including phenoxy) is 1. The van der Waals surface area contributed by atoms with E-state index in [1.807, 2.05) is 12.1 Å². The molecule has 0 amide bonds. The fourth-order valence-electron chi connectivity index (χ4n) is 3.50. The quantitative estimate of drug-likeness (QED) is 0.323. The van der Waals surface area contributed by atoms with Gasteiger partial charge in [0.15, 0.2) is 0 Å². The van der Waals surface area contributed by atoms with Crippen LogP contribution in [0.3, 0.4) is 0 Å². The van der Waals surface area contributed by atoms with Crippen molar-refractivity contribution in [2.75, 3.05) is 13.4 Å². The molecule has 0 aliphatic rings. The van der Waals surface area contributed by atoms with Crippen LogP contribution in [0.1, 0.15) is 87.5 Å². The van der Waals surface area contributed by atoms with E-state index >= 15 is 0 Å². The number of aryl methyl sites for hydroxylation is 1. The smallest absolute Gasteiger partial charge is 0.305 e. The number of unbranched alkanes of at least 4 members (excludes halogenated alkanes) is 6. The number of carbonyl (C=O) groups is 1. The van der Waals surface area contributed by atoms with E-state index in [4.69, 9.17) is 0 Å². The number of hydrogen-bond acceptors (Lipinski definition) is 4. The third-order valence-electron chi connectivity index (χ3n) is 5.19. The van der Waals surface area contributed by atoms with Crippen LogP contribution in [0.5, 0.6) is 0 Å². The zero-order valence-corrected chi connectivity index (χ0v) is 18.6. The van der Waals surface area contributed by atoms with Gasteiger partial charge < -0.3 is 9.84 Å². The fraction of sp³-hybridized carbons (Fsp3) is 0.696. The molecule has 0 saturated heterocycles. The van der Waals surface area contributed by atoms with Crippen molar-refractivity contribution in [2.24, 2.45) is 0 Å². The minimum Gasteiger partial charge on any atom is -0.469 e. The van der Waals surface area contributed by atoms with Gasteiger partial charge in [-0.15, -0.1) is 0 Å². The molecule has 0 aliphatic carbocycles. The van der Waals surface area contributed by atoms with Gasteiger partial charge in [0, 0.05) is 23.5 Å². The maximum Gasteiger partial charge on any atom is 0.305 e. The SMILES string of the molecule is CCCCCCCCCc1ccc(C(C(O)CCCC(=O)OC)S(C)=O)cc1. The van der Waals surface area contributed by atoms with E-state index in [1.165, 1.54) is 57.6 Å². The van der Waals surface area contributed by atoms with Crippen LogP contribution in [-0.4, -0.2) is 34.8 Å². The van der Waals surface area contributed by atoms with E-state index < -0.39 is 22.2 Å². The van der Waals surface area contributed by atoms with Gasteiger partial charge >= 0.3 is 5.97 Å². The van der Waals surface area contributed by atoms with Gasteiger partial charge in [-0.05, 0) is 36.8 Å². The summed E-state index contributed by atoms with van der Waals surface area (Å²) in [4.78, 5) is 11.2. The van der Waals surface area contributed by atoms with Crippen molar-refractivity contribution in [1.29, 1.82) is 0 Å². The highest BCUT2D eigenvalue weighted by molar-refractivity contribution is 7.84. The largest absolute Gasteiger partial charge is 0.469 e. The molecule has 1 aromatic rings. The summed E-state index contributed by atoms with van der Waals surface area (Å²) in [6.07, 6.45) is 12.3. The van der Waals surface area contributed by atoms with Gasteiger partial charge in [-0.3, -0.25) is 9.00 Å². The Bertz CT molecular complexity index is 570. The summed E-state index contributed by atoms with van der Waals surface area (Å²) >= 11 is 0. The summed E-state index contributed by atoms with van der Waals surface area (Å²) < 4.78 is 16.8. The molecule has 0 aliphatic heterocycles. The minimum absolute atomic E-state index is 0.272. The molecule has 5 heteroatoms. The first-order chi connectivity index (χ1) is 13.5. The molecule has 160 valence electrons. The van der Waals surface area contributed by atoms with Crippen molar-refractivity contribution in [3.63, 3.8) is 0 Å². The molecule has 3 atom stereocenters. The van der Waals surface area contributed by atoms with Crippen LogP contribution >= 0.6 is 0 Å². The highest BCUT2D eigenvalue weighted by atomic mass is 32.2. The molecular formula is C23H38O4S. The second kappa shape index (κ2) is 14.7. The Morgan fingerprint density at radius 3 is 2.21 bits per heavy atom. The van der Waals surface area contributed by atoms with Crippen LogP contribution in [-0.2, 0) is 26.8 Å².